The molecule has 1 aliphatic carbocycles. The minimum atomic E-state index is 0.441. The summed E-state index contributed by atoms with van der Waals surface area (Å²) in [5, 5.41) is 3.11. The summed E-state index contributed by atoms with van der Waals surface area (Å²) >= 11 is 0. The van der Waals surface area contributed by atoms with Crippen LogP contribution in [0.4, 0.5) is 0 Å². The molecule has 0 spiro atoms. The Hall–Kier alpha value is -0.800. The molecular formula is C14H23NO2. The molecule has 3 nitrogen and oxygen atoms in total. The van der Waals surface area contributed by atoms with Gasteiger partial charge in [-0.15, -0.1) is 0 Å². The minimum absolute atomic E-state index is 0.441. The number of hydrogen-bond acceptors (Lipinski definition) is 3. The maximum Gasteiger partial charge on any atom is 0.123 e. The average Bonchev–Trinajstić information content (AvgIpc) is 2.75. The van der Waals surface area contributed by atoms with E-state index in [4.69, 9.17) is 9.15 Å². The molecule has 0 aliphatic heterocycles. The van der Waals surface area contributed by atoms with Gasteiger partial charge in [0.05, 0.1) is 25.5 Å². The molecule has 0 saturated heterocycles. The molecule has 1 N–H and O–H groups in total. The van der Waals surface area contributed by atoms with E-state index >= 15 is 0 Å². The SMILES string of the molecule is CNCc1occc1COC1CCCC(C)C1. The van der Waals surface area contributed by atoms with Gasteiger partial charge in [0.1, 0.15) is 5.76 Å². The highest BCUT2D eigenvalue weighted by Crippen LogP contribution is 2.26. The molecule has 1 aliphatic rings. The van der Waals surface area contributed by atoms with Gasteiger partial charge in [0.15, 0.2) is 0 Å². The lowest BCUT2D eigenvalue weighted by atomic mass is 9.89. The Labute approximate surface area is 104 Å². The van der Waals surface area contributed by atoms with Crippen molar-refractivity contribution >= 4 is 0 Å². The molecule has 0 bridgehead atoms. The lowest BCUT2D eigenvalue weighted by Gasteiger charge is -2.26. The van der Waals surface area contributed by atoms with Gasteiger partial charge in [-0.05, 0) is 31.9 Å². The van der Waals surface area contributed by atoms with Crippen molar-refractivity contribution in [1.82, 2.24) is 5.32 Å². The molecule has 1 saturated carbocycles. The molecule has 0 radical (unpaired) electrons. The molecular weight excluding hydrogens is 214 g/mol. The van der Waals surface area contributed by atoms with Crippen molar-refractivity contribution in [3.8, 4) is 0 Å². The first-order valence-corrected chi connectivity index (χ1v) is 6.61. The summed E-state index contributed by atoms with van der Waals surface area (Å²) in [4.78, 5) is 0. The molecule has 96 valence electrons. The van der Waals surface area contributed by atoms with Gasteiger partial charge in [-0.2, -0.15) is 0 Å². The maximum absolute atomic E-state index is 6.00. The van der Waals surface area contributed by atoms with Crippen LogP contribution in [0.1, 0.15) is 43.9 Å². The number of ether oxygens (including phenoxy) is 1. The molecule has 1 heterocycles. The highest BCUT2D eigenvalue weighted by molar-refractivity contribution is 5.15. The van der Waals surface area contributed by atoms with Crippen molar-refractivity contribution in [2.45, 2.75) is 51.9 Å². The van der Waals surface area contributed by atoms with Crippen LogP contribution in [0.3, 0.4) is 0 Å². The van der Waals surface area contributed by atoms with E-state index in [2.05, 4.69) is 12.2 Å². The molecule has 1 fully saturated rings. The van der Waals surface area contributed by atoms with Crippen LogP contribution in [0.2, 0.25) is 0 Å². The molecule has 0 aromatic carbocycles. The number of hydrogen-bond donors (Lipinski definition) is 1. The van der Waals surface area contributed by atoms with Crippen LogP contribution in [0.25, 0.3) is 0 Å². The molecule has 0 amide bonds. The summed E-state index contributed by atoms with van der Waals surface area (Å²) in [6, 6.07) is 2.01. The summed E-state index contributed by atoms with van der Waals surface area (Å²) in [5.74, 6) is 1.81. The third-order valence-electron chi connectivity index (χ3n) is 3.54. The molecule has 2 unspecified atom stereocenters. The molecule has 1 aromatic heterocycles. The lowest BCUT2D eigenvalue weighted by Crippen LogP contribution is -2.21. The van der Waals surface area contributed by atoms with Crippen molar-refractivity contribution in [3.05, 3.63) is 23.7 Å². The van der Waals surface area contributed by atoms with Gasteiger partial charge in [-0.1, -0.05) is 19.8 Å². The molecule has 2 atom stereocenters. The molecule has 1 aromatic rings. The van der Waals surface area contributed by atoms with Gasteiger partial charge in [0.25, 0.3) is 0 Å². The Morgan fingerprint density at radius 3 is 3.12 bits per heavy atom. The van der Waals surface area contributed by atoms with E-state index in [0.717, 1.165) is 18.2 Å². The van der Waals surface area contributed by atoms with Gasteiger partial charge in [-0.25, -0.2) is 0 Å². The standard InChI is InChI=1S/C14H23NO2/c1-11-4-3-5-13(8-11)17-10-12-6-7-16-14(12)9-15-2/h6-7,11,13,15H,3-5,8-10H2,1-2H3. The summed E-state index contributed by atoms with van der Waals surface area (Å²) in [6.07, 6.45) is 7.27. The van der Waals surface area contributed by atoms with Crippen molar-refractivity contribution in [1.29, 1.82) is 0 Å². The second-order valence-electron chi connectivity index (χ2n) is 5.10. The molecule has 17 heavy (non-hydrogen) atoms. The van der Waals surface area contributed by atoms with Crippen molar-refractivity contribution < 1.29 is 9.15 Å². The zero-order valence-corrected chi connectivity index (χ0v) is 10.9. The smallest absolute Gasteiger partial charge is 0.123 e. The van der Waals surface area contributed by atoms with Crippen molar-refractivity contribution in [2.75, 3.05) is 7.05 Å². The summed E-state index contributed by atoms with van der Waals surface area (Å²) < 4.78 is 11.4. The number of nitrogens with one attached hydrogen (secondary N) is 1. The van der Waals surface area contributed by atoms with E-state index in [1.54, 1.807) is 6.26 Å². The first-order chi connectivity index (χ1) is 8.29. The van der Waals surface area contributed by atoms with E-state index in [1.807, 2.05) is 13.1 Å². The van der Waals surface area contributed by atoms with E-state index < -0.39 is 0 Å². The monoisotopic (exact) mass is 237 g/mol. The second-order valence-corrected chi connectivity index (χ2v) is 5.10. The predicted molar refractivity (Wildman–Crippen MR) is 67.7 cm³/mol. The van der Waals surface area contributed by atoms with E-state index in [1.165, 1.54) is 31.2 Å². The second kappa shape index (κ2) is 6.22. The zero-order chi connectivity index (χ0) is 12.1. The quantitative estimate of drug-likeness (QED) is 0.854. The zero-order valence-electron chi connectivity index (χ0n) is 10.9. The van der Waals surface area contributed by atoms with Crippen LogP contribution in [0.15, 0.2) is 16.7 Å². The fraction of sp³-hybridized carbons (Fsp3) is 0.714. The Balaban J connectivity index is 1.82. The highest BCUT2D eigenvalue weighted by Gasteiger charge is 2.19. The molecule has 2 rings (SSSR count). The lowest BCUT2D eigenvalue weighted by molar-refractivity contribution is 0.00408. The first-order valence-electron chi connectivity index (χ1n) is 6.61. The van der Waals surface area contributed by atoms with Gasteiger partial charge in [0, 0.05) is 5.56 Å². The van der Waals surface area contributed by atoms with E-state index in [-0.39, 0.29) is 0 Å². The van der Waals surface area contributed by atoms with E-state index in [9.17, 15) is 0 Å². The fourth-order valence-electron chi connectivity index (χ4n) is 2.55. The van der Waals surface area contributed by atoms with Gasteiger partial charge < -0.3 is 14.5 Å². The van der Waals surface area contributed by atoms with Gasteiger partial charge in [0.2, 0.25) is 0 Å². The third kappa shape index (κ3) is 3.58. The number of rotatable bonds is 5. The Morgan fingerprint density at radius 1 is 1.47 bits per heavy atom. The van der Waals surface area contributed by atoms with E-state index in [0.29, 0.717) is 12.7 Å². The largest absolute Gasteiger partial charge is 0.468 e. The Morgan fingerprint density at radius 2 is 2.35 bits per heavy atom. The fourth-order valence-corrected chi connectivity index (χ4v) is 2.55. The van der Waals surface area contributed by atoms with Crippen molar-refractivity contribution in [2.24, 2.45) is 5.92 Å². The van der Waals surface area contributed by atoms with Crippen LogP contribution in [0, 0.1) is 5.92 Å². The van der Waals surface area contributed by atoms with Crippen LogP contribution < -0.4 is 5.32 Å². The highest BCUT2D eigenvalue weighted by atomic mass is 16.5. The first kappa shape index (κ1) is 12.7. The summed E-state index contributed by atoms with van der Waals surface area (Å²) in [7, 11) is 1.93. The van der Waals surface area contributed by atoms with Crippen molar-refractivity contribution in [3.63, 3.8) is 0 Å². The maximum atomic E-state index is 6.00. The Kier molecular flexibility index (Phi) is 4.63. The topological polar surface area (TPSA) is 34.4 Å². The Bertz CT molecular complexity index is 335. The van der Waals surface area contributed by atoms with Crippen LogP contribution in [-0.4, -0.2) is 13.2 Å². The summed E-state index contributed by atoms with van der Waals surface area (Å²) in [5.41, 5.74) is 1.18. The predicted octanol–water partition coefficient (Wildman–Crippen LogP) is 3.09. The average molecular weight is 237 g/mol. The van der Waals surface area contributed by atoms with Gasteiger partial charge in [-0.3, -0.25) is 0 Å². The number of furan rings is 1. The third-order valence-corrected chi connectivity index (χ3v) is 3.54. The van der Waals surface area contributed by atoms with Gasteiger partial charge >= 0.3 is 0 Å². The summed E-state index contributed by atoms with van der Waals surface area (Å²) in [6.45, 7) is 3.78. The normalized spacial score (nSPS) is 25.1. The minimum Gasteiger partial charge on any atom is -0.468 e. The molecule has 3 heteroatoms. The van der Waals surface area contributed by atoms with Crippen LogP contribution in [0.5, 0.6) is 0 Å². The van der Waals surface area contributed by atoms with Crippen LogP contribution in [-0.2, 0) is 17.9 Å². The van der Waals surface area contributed by atoms with Crippen LogP contribution >= 0.6 is 0 Å².